The van der Waals surface area contributed by atoms with Crippen molar-refractivity contribution in [3.8, 4) is 0 Å². The maximum Gasteiger partial charge on any atom is 0.234 e. The van der Waals surface area contributed by atoms with Crippen LogP contribution in [0.2, 0.25) is 0 Å². The highest BCUT2D eigenvalue weighted by molar-refractivity contribution is 5.78. The quantitative estimate of drug-likeness (QED) is 0.722. The molecular formula is C17H33N3O. The standard InChI is InChI=1S/C17H33N3O/c1-4-9-20(12-17(21)19-13(5-2)6-3)16-10-14-7-8-15(11-16)18-14/h13-16,18H,4-12H2,1-3H3,(H,19,21). The summed E-state index contributed by atoms with van der Waals surface area (Å²) in [5.41, 5.74) is 0. The number of carbonyl (C=O) groups is 1. The first-order valence-electron chi connectivity index (χ1n) is 8.95. The summed E-state index contributed by atoms with van der Waals surface area (Å²) in [5.74, 6) is 0.211. The van der Waals surface area contributed by atoms with E-state index in [1.54, 1.807) is 0 Å². The zero-order valence-corrected chi connectivity index (χ0v) is 14.0. The molecule has 0 spiro atoms. The van der Waals surface area contributed by atoms with Crippen molar-refractivity contribution in [3.05, 3.63) is 0 Å². The topological polar surface area (TPSA) is 44.4 Å². The van der Waals surface area contributed by atoms with Crippen LogP contribution in [0.15, 0.2) is 0 Å². The molecule has 4 nitrogen and oxygen atoms in total. The van der Waals surface area contributed by atoms with Crippen LogP contribution in [0, 0.1) is 0 Å². The molecular weight excluding hydrogens is 262 g/mol. The lowest BCUT2D eigenvalue weighted by Crippen LogP contribution is -2.51. The van der Waals surface area contributed by atoms with Crippen LogP contribution in [-0.4, -0.2) is 48.1 Å². The molecule has 2 aliphatic heterocycles. The van der Waals surface area contributed by atoms with E-state index in [-0.39, 0.29) is 5.91 Å². The third-order valence-corrected chi connectivity index (χ3v) is 5.17. The number of hydrogen-bond donors (Lipinski definition) is 2. The molecule has 0 aromatic rings. The van der Waals surface area contributed by atoms with Gasteiger partial charge in [-0.25, -0.2) is 0 Å². The molecule has 0 aromatic heterocycles. The molecule has 0 saturated carbocycles. The fourth-order valence-electron chi connectivity index (χ4n) is 3.95. The highest BCUT2D eigenvalue weighted by Gasteiger charge is 2.36. The van der Waals surface area contributed by atoms with Crippen molar-refractivity contribution in [3.63, 3.8) is 0 Å². The lowest BCUT2D eigenvalue weighted by molar-refractivity contribution is -0.123. The summed E-state index contributed by atoms with van der Waals surface area (Å²) in [6.07, 6.45) is 8.24. The van der Waals surface area contributed by atoms with Crippen molar-refractivity contribution in [1.29, 1.82) is 0 Å². The van der Waals surface area contributed by atoms with Crippen LogP contribution in [0.3, 0.4) is 0 Å². The Hall–Kier alpha value is -0.610. The number of amides is 1. The second kappa shape index (κ2) is 8.14. The summed E-state index contributed by atoms with van der Waals surface area (Å²) >= 11 is 0. The predicted octanol–water partition coefficient (Wildman–Crippen LogP) is 2.29. The third kappa shape index (κ3) is 4.68. The van der Waals surface area contributed by atoms with Gasteiger partial charge in [0.15, 0.2) is 0 Å². The zero-order valence-electron chi connectivity index (χ0n) is 14.0. The van der Waals surface area contributed by atoms with Gasteiger partial charge < -0.3 is 10.6 Å². The van der Waals surface area contributed by atoms with E-state index in [9.17, 15) is 4.79 Å². The van der Waals surface area contributed by atoms with Crippen LogP contribution in [0.4, 0.5) is 0 Å². The van der Waals surface area contributed by atoms with E-state index in [1.807, 2.05) is 0 Å². The zero-order chi connectivity index (χ0) is 15.2. The van der Waals surface area contributed by atoms with Crippen molar-refractivity contribution >= 4 is 5.91 Å². The Kier molecular flexibility index (Phi) is 6.49. The summed E-state index contributed by atoms with van der Waals surface area (Å²) in [6.45, 7) is 8.11. The van der Waals surface area contributed by atoms with Gasteiger partial charge in [0.1, 0.15) is 0 Å². The maximum absolute atomic E-state index is 12.3. The van der Waals surface area contributed by atoms with E-state index in [0.717, 1.165) is 25.8 Å². The number of fused-ring (bicyclic) bond motifs is 2. The molecule has 0 aliphatic carbocycles. The van der Waals surface area contributed by atoms with Crippen molar-refractivity contribution in [2.45, 2.75) is 89.9 Å². The van der Waals surface area contributed by atoms with E-state index in [2.05, 4.69) is 36.3 Å². The van der Waals surface area contributed by atoms with E-state index >= 15 is 0 Å². The summed E-state index contributed by atoms with van der Waals surface area (Å²) in [6, 6.07) is 2.31. The minimum atomic E-state index is 0.211. The predicted molar refractivity (Wildman–Crippen MR) is 87.3 cm³/mol. The van der Waals surface area contributed by atoms with Crippen molar-refractivity contribution in [1.82, 2.24) is 15.5 Å². The van der Waals surface area contributed by atoms with Crippen molar-refractivity contribution < 1.29 is 4.79 Å². The molecule has 2 aliphatic rings. The Morgan fingerprint density at radius 2 is 1.81 bits per heavy atom. The van der Waals surface area contributed by atoms with E-state index < -0.39 is 0 Å². The van der Waals surface area contributed by atoms with Crippen LogP contribution >= 0.6 is 0 Å². The van der Waals surface area contributed by atoms with Crippen LogP contribution in [0.5, 0.6) is 0 Å². The molecule has 2 heterocycles. The largest absolute Gasteiger partial charge is 0.352 e. The summed E-state index contributed by atoms with van der Waals surface area (Å²) < 4.78 is 0. The van der Waals surface area contributed by atoms with Gasteiger partial charge >= 0.3 is 0 Å². The van der Waals surface area contributed by atoms with Crippen LogP contribution in [0.1, 0.15) is 65.7 Å². The minimum absolute atomic E-state index is 0.211. The Bertz CT molecular complexity index is 318. The summed E-state index contributed by atoms with van der Waals surface area (Å²) in [4.78, 5) is 14.7. The second-order valence-electron chi connectivity index (χ2n) is 6.81. The van der Waals surface area contributed by atoms with Gasteiger partial charge in [-0.2, -0.15) is 0 Å². The normalized spacial score (nSPS) is 28.3. The molecule has 2 rings (SSSR count). The fraction of sp³-hybridized carbons (Fsp3) is 0.941. The second-order valence-corrected chi connectivity index (χ2v) is 6.81. The number of rotatable bonds is 8. The monoisotopic (exact) mass is 295 g/mol. The first-order valence-corrected chi connectivity index (χ1v) is 8.95. The van der Waals surface area contributed by atoms with Crippen molar-refractivity contribution in [2.75, 3.05) is 13.1 Å². The van der Waals surface area contributed by atoms with Crippen LogP contribution in [0.25, 0.3) is 0 Å². The molecule has 2 saturated heterocycles. The first kappa shape index (κ1) is 16.8. The molecule has 2 unspecified atom stereocenters. The van der Waals surface area contributed by atoms with E-state index in [0.29, 0.717) is 30.7 Å². The molecule has 2 N–H and O–H groups in total. The van der Waals surface area contributed by atoms with Gasteiger partial charge in [-0.1, -0.05) is 20.8 Å². The lowest BCUT2D eigenvalue weighted by Gasteiger charge is -2.37. The molecule has 4 heteroatoms. The van der Waals surface area contributed by atoms with Gasteiger partial charge in [0.05, 0.1) is 6.54 Å². The molecule has 0 aromatic carbocycles. The van der Waals surface area contributed by atoms with Crippen LogP contribution in [-0.2, 0) is 4.79 Å². The number of nitrogens with zero attached hydrogens (tertiary/aromatic N) is 1. The Morgan fingerprint density at radius 3 is 2.33 bits per heavy atom. The average Bonchev–Trinajstić information content (AvgIpc) is 2.82. The third-order valence-electron chi connectivity index (χ3n) is 5.17. The Morgan fingerprint density at radius 1 is 1.19 bits per heavy atom. The molecule has 2 atom stereocenters. The Balaban J connectivity index is 1.87. The summed E-state index contributed by atoms with van der Waals surface area (Å²) in [5, 5.41) is 6.88. The average molecular weight is 295 g/mol. The lowest BCUT2D eigenvalue weighted by atomic mass is 9.98. The minimum Gasteiger partial charge on any atom is -0.352 e. The van der Waals surface area contributed by atoms with Gasteiger partial charge in [-0.05, 0) is 51.5 Å². The molecule has 2 fully saturated rings. The van der Waals surface area contributed by atoms with Gasteiger partial charge in [0.25, 0.3) is 0 Å². The number of nitrogens with one attached hydrogen (secondary N) is 2. The summed E-state index contributed by atoms with van der Waals surface area (Å²) in [7, 11) is 0. The van der Waals surface area contributed by atoms with Crippen LogP contribution < -0.4 is 10.6 Å². The molecule has 2 bridgehead atoms. The number of hydrogen-bond acceptors (Lipinski definition) is 3. The number of piperidine rings is 1. The smallest absolute Gasteiger partial charge is 0.234 e. The molecule has 0 radical (unpaired) electrons. The fourth-order valence-corrected chi connectivity index (χ4v) is 3.95. The van der Waals surface area contributed by atoms with E-state index in [4.69, 9.17) is 0 Å². The maximum atomic E-state index is 12.3. The van der Waals surface area contributed by atoms with Gasteiger partial charge in [0, 0.05) is 24.2 Å². The highest BCUT2D eigenvalue weighted by Crippen LogP contribution is 2.29. The van der Waals surface area contributed by atoms with E-state index in [1.165, 1.54) is 25.7 Å². The number of carbonyl (C=O) groups excluding carboxylic acids is 1. The Labute approximate surface area is 130 Å². The first-order chi connectivity index (χ1) is 10.2. The highest BCUT2D eigenvalue weighted by atomic mass is 16.2. The molecule has 21 heavy (non-hydrogen) atoms. The van der Waals surface area contributed by atoms with Gasteiger partial charge in [0.2, 0.25) is 5.91 Å². The van der Waals surface area contributed by atoms with Crippen molar-refractivity contribution in [2.24, 2.45) is 0 Å². The van der Waals surface area contributed by atoms with Gasteiger partial charge in [-0.3, -0.25) is 9.69 Å². The molecule has 122 valence electrons. The molecule has 1 amide bonds. The van der Waals surface area contributed by atoms with Gasteiger partial charge in [-0.15, -0.1) is 0 Å². The SMILES string of the molecule is CCCN(CC(=O)NC(CC)CC)C1CC2CCC(C1)N2.